The molecule has 15 heavy (non-hydrogen) atoms. The number of rotatable bonds is 11. The molecular formula is C13H28N2. The van der Waals surface area contributed by atoms with Crippen LogP contribution in [0.3, 0.4) is 0 Å². The van der Waals surface area contributed by atoms with E-state index in [9.17, 15) is 0 Å². The first-order valence-electron chi connectivity index (χ1n) is 6.39. The van der Waals surface area contributed by atoms with Crippen molar-refractivity contribution in [2.45, 2.75) is 39.5 Å². The molecule has 0 aromatic heterocycles. The van der Waals surface area contributed by atoms with Crippen molar-refractivity contribution in [3.05, 3.63) is 12.7 Å². The molecule has 0 unspecified atom stereocenters. The van der Waals surface area contributed by atoms with Crippen LogP contribution in [0.25, 0.3) is 0 Å². The lowest BCUT2D eigenvalue weighted by molar-refractivity contribution is 0.295. The van der Waals surface area contributed by atoms with Gasteiger partial charge in [-0.05, 0) is 51.9 Å². The quantitative estimate of drug-likeness (QED) is 0.418. The molecule has 0 aliphatic heterocycles. The molecule has 90 valence electrons. The number of nitrogens with one attached hydrogen (secondary N) is 1. The highest BCUT2D eigenvalue weighted by molar-refractivity contribution is 4.73. The summed E-state index contributed by atoms with van der Waals surface area (Å²) >= 11 is 0. The van der Waals surface area contributed by atoms with E-state index >= 15 is 0 Å². The van der Waals surface area contributed by atoms with Crippen molar-refractivity contribution in [1.82, 2.24) is 10.2 Å². The van der Waals surface area contributed by atoms with E-state index in [1.54, 1.807) is 0 Å². The Morgan fingerprint density at radius 1 is 1.07 bits per heavy atom. The minimum atomic E-state index is 1.04. The molecule has 0 heterocycles. The molecule has 0 aliphatic carbocycles. The number of nitrogens with zero attached hydrogens (tertiary/aromatic N) is 1. The van der Waals surface area contributed by atoms with E-state index in [1.807, 2.05) is 6.08 Å². The molecule has 0 rings (SSSR count). The summed E-state index contributed by atoms with van der Waals surface area (Å²) in [4.78, 5) is 2.48. The Bertz CT molecular complexity index is 134. The molecule has 0 aliphatic rings. The molecule has 2 nitrogen and oxygen atoms in total. The lowest BCUT2D eigenvalue weighted by Crippen LogP contribution is -2.26. The molecule has 0 amide bonds. The predicted molar refractivity (Wildman–Crippen MR) is 69.3 cm³/mol. The van der Waals surface area contributed by atoms with Crippen LogP contribution in [-0.2, 0) is 0 Å². The highest BCUT2D eigenvalue weighted by Crippen LogP contribution is 1.96. The number of hydrogen-bond donors (Lipinski definition) is 1. The Balaban J connectivity index is 3.32. The summed E-state index contributed by atoms with van der Waals surface area (Å²) in [7, 11) is 0. The van der Waals surface area contributed by atoms with E-state index < -0.39 is 0 Å². The van der Waals surface area contributed by atoms with Crippen molar-refractivity contribution in [3.63, 3.8) is 0 Å². The van der Waals surface area contributed by atoms with E-state index in [4.69, 9.17) is 0 Å². The standard InChI is InChI=1S/C13H28N2/c1-4-9-14-10-7-8-13-15(11-5-2)12-6-3/h5,14H,2,4,6-13H2,1,3H3. The number of hydrogen-bond acceptors (Lipinski definition) is 2. The van der Waals surface area contributed by atoms with Gasteiger partial charge < -0.3 is 5.32 Å². The summed E-state index contributed by atoms with van der Waals surface area (Å²) in [6, 6.07) is 0. The first-order valence-corrected chi connectivity index (χ1v) is 6.39. The van der Waals surface area contributed by atoms with Gasteiger partial charge in [-0.2, -0.15) is 0 Å². The highest BCUT2D eigenvalue weighted by Gasteiger charge is 2.00. The zero-order valence-electron chi connectivity index (χ0n) is 10.6. The largest absolute Gasteiger partial charge is 0.317 e. The SMILES string of the molecule is C=CCN(CCC)CCCCNCCC. The minimum absolute atomic E-state index is 1.04. The Hall–Kier alpha value is -0.340. The van der Waals surface area contributed by atoms with Gasteiger partial charge in [0.05, 0.1) is 0 Å². The Kier molecular flexibility index (Phi) is 11.5. The summed E-state index contributed by atoms with van der Waals surface area (Å²) < 4.78 is 0. The van der Waals surface area contributed by atoms with Crippen LogP contribution >= 0.6 is 0 Å². The van der Waals surface area contributed by atoms with Crippen LogP contribution in [0, 0.1) is 0 Å². The molecule has 0 aromatic rings. The van der Waals surface area contributed by atoms with Gasteiger partial charge in [-0.15, -0.1) is 6.58 Å². The predicted octanol–water partition coefficient (Wildman–Crippen LogP) is 2.66. The van der Waals surface area contributed by atoms with E-state index in [2.05, 4.69) is 30.6 Å². The number of unbranched alkanes of at least 4 members (excludes halogenated alkanes) is 1. The molecule has 0 aromatic carbocycles. The smallest absolute Gasteiger partial charge is 0.0160 e. The van der Waals surface area contributed by atoms with Gasteiger partial charge in [-0.25, -0.2) is 0 Å². The van der Waals surface area contributed by atoms with E-state index in [1.165, 1.54) is 45.3 Å². The van der Waals surface area contributed by atoms with Crippen molar-refractivity contribution in [1.29, 1.82) is 0 Å². The Morgan fingerprint density at radius 3 is 2.47 bits per heavy atom. The van der Waals surface area contributed by atoms with Gasteiger partial charge in [0.1, 0.15) is 0 Å². The first-order chi connectivity index (χ1) is 7.35. The van der Waals surface area contributed by atoms with E-state index in [-0.39, 0.29) is 0 Å². The zero-order chi connectivity index (χ0) is 11.4. The molecular weight excluding hydrogens is 184 g/mol. The van der Waals surface area contributed by atoms with Gasteiger partial charge in [0.15, 0.2) is 0 Å². The van der Waals surface area contributed by atoms with Crippen LogP contribution < -0.4 is 5.32 Å². The molecule has 0 fully saturated rings. The normalized spacial score (nSPS) is 10.9. The fourth-order valence-electron chi connectivity index (χ4n) is 1.68. The summed E-state index contributed by atoms with van der Waals surface area (Å²) in [5.74, 6) is 0. The molecule has 0 atom stereocenters. The fourth-order valence-corrected chi connectivity index (χ4v) is 1.68. The molecule has 0 saturated carbocycles. The highest BCUT2D eigenvalue weighted by atomic mass is 15.1. The molecule has 0 spiro atoms. The minimum Gasteiger partial charge on any atom is -0.317 e. The maximum Gasteiger partial charge on any atom is 0.0160 e. The zero-order valence-corrected chi connectivity index (χ0v) is 10.6. The van der Waals surface area contributed by atoms with Crippen LogP contribution in [0.4, 0.5) is 0 Å². The van der Waals surface area contributed by atoms with Gasteiger partial charge in [-0.3, -0.25) is 4.90 Å². The molecule has 0 saturated heterocycles. The van der Waals surface area contributed by atoms with Gasteiger partial charge in [0, 0.05) is 6.54 Å². The third-order valence-corrected chi connectivity index (χ3v) is 2.43. The van der Waals surface area contributed by atoms with Gasteiger partial charge in [-0.1, -0.05) is 19.9 Å². The second kappa shape index (κ2) is 11.7. The first kappa shape index (κ1) is 14.7. The molecule has 2 heteroatoms. The van der Waals surface area contributed by atoms with Crippen LogP contribution in [0.15, 0.2) is 12.7 Å². The molecule has 0 radical (unpaired) electrons. The van der Waals surface area contributed by atoms with Gasteiger partial charge in [0.2, 0.25) is 0 Å². The average Bonchev–Trinajstić information content (AvgIpc) is 2.24. The topological polar surface area (TPSA) is 15.3 Å². The van der Waals surface area contributed by atoms with Crippen molar-refractivity contribution >= 4 is 0 Å². The van der Waals surface area contributed by atoms with Crippen LogP contribution in [-0.4, -0.2) is 37.6 Å². The lowest BCUT2D eigenvalue weighted by atomic mass is 10.2. The molecule has 0 bridgehead atoms. The maximum atomic E-state index is 3.80. The van der Waals surface area contributed by atoms with Crippen molar-refractivity contribution in [3.8, 4) is 0 Å². The lowest BCUT2D eigenvalue weighted by Gasteiger charge is -2.19. The summed E-state index contributed by atoms with van der Waals surface area (Å²) in [6.07, 6.45) is 7.06. The van der Waals surface area contributed by atoms with Crippen molar-refractivity contribution in [2.75, 3.05) is 32.7 Å². The summed E-state index contributed by atoms with van der Waals surface area (Å²) in [5, 5.41) is 3.43. The second-order valence-electron chi connectivity index (χ2n) is 4.05. The van der Waals surface area contributed by atoms with Crippen LogP contribution in [0.1, 0.15) is 39.5 Å². The summed E-state index contributed by atoms with van der Waals surface area (Å²) in [5.41, 5.74) is 0. The summed E-state index contributed by atoms with van der Waals surface area (Å²) in [6.45, 7) is 14.0. The van der Waals surface area contributed by atoms with E-state index in [0.29, 0.717) is 0 Å². The van der Waals surface area contributed by atoms with Crippen LogP contribution in [0.5, 0.6) is 0 Å². The second-order valence-corrected chi connectivity index (χ2v) is 4.05. The fraction of sp³-hybridized carbons (Fsp3) is 0.846. The maximum absolute atomic E-state index is 3.80. The van der Waals surface area contributed by atoms with Gasteiger partial charge >= 0.3 is 0 Å². The van der Waals surface area contributed by atoms with Crippen molar-refractivity contribution < 1.29 is 0 Å². The Morgan fingerprint density at radius 2 is 1.87 bits per heavy atom. The van der Waals surface area contributed by atoms with Crippen molar-refractivity contribution in [2.24, 2.45) is 0 Å². The van der Waals surface area contributed by atoms with Gasteiger partial charge in [0.25, 0.3) is 0 Å². The Labute approximate surface area is 95.7 Å². The average molecular weight is 212 g/mol. The van der Waals surface area contributed by atoms with E-state index in [0.717, 1.165) is 13.1 Å². The third kappa shape index (κ3) is 9.95. The van der Waals surface area contributed by atoms with Crippen LogP contribution in [0.2, 0.25) is 0 Å². The third-order valence-electron chi connectivity index (χ3n) is 2.43. The molecule has 1 N–H and O–H groups in total. The monoisotopic (exact) mass is 212 g/mol.